The van der Waals surface area contributed by atoms with E-state index < -0.39 is 17.9 Å². The Morgan fingerprint density at radius 1 is 0.545 bits per heavy atom. The molecule has 9 nitrogen and oxygen atoms in total. The highest BCUT2D eigenvalue weighted by Crippen LogP contribution is 2.16. The quantitative estimate of drug-likeness (QED) is 0.0578. The number of rotatable bonds is 19. The summed E-state index contributed by atoms with van der Waals surface area (Å²) in [5, 5.41) is 0. The van der Waals surface area contributed by atoms with Crippen molar-refractivity contribution in [1.29, 1.82) is 0 Å². The van der Waals surface area contributed by atoms with Crippen molar-refractivity contribution in [2.24, 2.45) is 0 Å². The normalized spacial score (nSPS) is 10.3. The monoisotopic (exact) mass is 600 g/mol. The first-order chi connectivity index (χ1) is 21.4. The number of Topliss-reactive ketones (excluding diaryl/α,β-unsaturated/α-hetero) is 1. The number of ether oxygens (including phenoxy) is 5. The molecule has 0 bridgehead atoms. The van der Waals surface area contributed by atoms with Gasteiger partial charge < -0.3 is 23.7 Å². The zero-order chi connectivity index (χ0) is 31.6. The summed E-state index contributed by atoms with van der Waals surface area (Å²) in [6.45, 7) is 8.12. The number of carbonyl (C=O) groups is 4. The van der Waals surface area contributed by atoms with Crippen LogP contribution in [0.4, 0.5) is 0 Å². The molecule has 3 rings (SSSR count). The average molecular weight is 601 g/mol. The molecule has 0 fully saturated rings. The molecule has 0 atom stereocenters. The Bertz CT molecular complexity index is 1390. The van der Waals surface area contributed by atoms with Gasteiger partial charge in [0.15, 0.2) is 5.78 Å². The van der Waals surface area contributed by atoms with Gasteiger partial charge in [0.25, 0.3) is 0 Å². The third-order valence-electron chi connectivity index (χ3n) is 6.21. The summed E-state index contributed by atoms with van der Waals surface area (Å²) < 4.78 is 26.4. The van der Waals surface area contributed by atoms with E-state index in [1.54, 1.807) is 48.5 Å². The highest BCUT2D eigenvalue weighted by molar-refractivity contribution is 5.97. The van der Waals surface area contributed by atoms with E-state index in [2.05, 4.69) is 13.2 Å². The van der Waals surface area contributed by atoms with Crippen LogP contribution in [-0.4, -0.2) is 56.7 Å². The van der Waals surface area contributed by atoms with Crippen LogP contribution in [0.1, 0.15) is 44.7 Å². The SMILES string of the molecule is C=CC(=O)OCCCOc1ccc(C(=O)Cc2ccc(CCOC(=O)c3ccc(OCCCOC(=O)C=C)cc3)cc2)cc1. The molecule has 9 heteroatoms. The van der Waals surface area contributed by atoms with Gasteiger partial charge in [0.05, 0.1) is 38.6 Å². The van der Waals surface area contributed by atoms with E-state index in [1.807, 2.05) is 24.3 Å². The highest BCUT2D eigenvalue weighted by atomic mass is 16.5. The highest BCUT2D eigenvalue weighted by Gasteiger charge is 2.10. The van der Waals surface area contributed by atoms with Crippen LogP contribution in [0, 0.1) is 0 Å². The zero-order valence-electron chi connectivity index (χ0n) is 24.5. The molecule has 0 aliphatic heterocycles. The zero-order valence-corrected chi connectivity index (χ0v) is 24.5. The predicted octanol–water partition coefficient (Wildman–Crippen LogP) is 5.51. The molecule has 0 heterocycles. The molecule has 0 aromatic heterocycles. The number of hydrogen-bond donors (Lipinski definition) is 0. The first-order valence-corrected chi connectivity index (χ1v) is 14.2. The smallest absolute Gasteiger partial charge is 0.338 e. The van der Waals surface area contributed by atoms with Crippen molar-refractivity contribution in [2.75, 3.05) is 33.0 Å². The maximum atomic E-state index is 12.7. The minimum atomic E-state index is -0.469. The van der Waals surface area contributed by atoms with Crippen molar-refractivity contribution in [3.8, 4) is 11.5 Å². The van der Waals surface area contributed by atoms with Gasteiger partial charge in [0, 0.05) is 43.4 Å². The molecule has 0 unspecified atom stereocenters. The van der Waals surface area contributed by atoms with Crippen LogP contribution >= 0.6 is 0 Å². The van der Waals surface area contributed by atoms with Gasteiger partial charge in [0.2, 0.25) is 0 Å². The lowest BCUT2D eigenvalue weighted by Gasteiger charge is -2.09. The van der Waals surface area contributed by atoms with Crippen molar-refractivity contribution in [3.63, 3.8) is 0 Å². The maximum Gasteiger partial charge on any atom is 0.338 e. The number of carbonyl (C=O) groups excluding carboxylic acids is 4. The van der Waals surface area contributed by atoms with Crippen LogP contribution in [0.2, 0.25) is 0 Å². The largest absolute Gasteiger partial charge is 0.493 e. The fourth-order valence-corrected chi connectivity index (χ4v) is 3.84. The second kappa shape index (κ2) is 18.4. The lowest BCUT2D eigenvalue weighted by atomic mass is 10.0. The summed E-state index contributed by atoms with van der Waals surface area (Å²) in [4.78, 5) is 47.2. The topological polar surface area (TPSA) is 114 Å². The molecule has 0 saturated heterocycles. The molecule has 230 valence electrons. The number of ketones is 1. The van der Waals surface area contributed by atoms with E-state index in [0.29, 0.717) is 55.1 Å². The van der Waals surface area contributed by atoms with Gasteiger partial charge in [-0.3, -0.25) is 4.79 Å². The molecule has 3 aromatic rings. The Labute approximate surface area is 257 Å². The van der Waals surface area contributed by atoms with Gasteiger partial charge in [-0.15, -0.1) is 0 Å². The summed E-state index contributed by atoms with van der Waals surface area (Å²) in [5.41, 5.74) is 2.86. The standard InChI is InChI=1S/C35H36O9/c1-3-33(37)42-22-5-20-40-30-15-11-28(12-16-30)32(36)25-27-9-7-26(8-10-27)19-24-44-35(39)29-13-17-31(18-14-29)41-21-6-23-43-34(38)4-2/h3-4,7-18H,1-2,5-6,19-25H2. The Morgan fingerprint density at radius 3 is 1.52 bits per heavy atom. The summed E-state index contributed by atoms with van der Waals surface area (Å²) in [6, 6.07) is 21.2. The molecule has 44 heavy (non-hydrogen) atoms. The Hall–Kier alpha value is -5.18. The van der Waals surface area contributed by atoms with E-state index >= 15 is 0 Å². The second-order valence-electron chi connectivity index (χ2n) is 9.50. The second-order valence-corrected chi connectivity index (χ2v) is 9.50. The van der Waals surface area contributed by atoms with Crippen LogP contribution in [0.3, 0.4) is 0 Å². The fraction of sp³-hybridized carbons (Fsp3) is 0.257. The van der Waals surface area contributed by atoms with Crippen molar-refractivity contribution in [1.82, 2.24) is 0 Å². The van der Waals surface area contributed by atoms with E-state index in [-0.39, 0.29) is 32.0 Å². The molecule has 0 aliphatic rings. The summed E-state index contributed by atoms with van der Waals surface area (Å²) in [6.07, 6.45) is 4.10. The maximum absolute atomic E-state index is 12.7. The minimum Gasteiger partial charge on any atom is -0.493 e. The third-order valence-corrected chi connectivity index (χ3v) is 6.21. The van der Waals surface area contributed by atoms with E-state index in [1.165, 1.54) is 0 Å². The summed E-state index contributed by atoms with van der Waals surface area (Å²) in [7, 11) is 0. The summed E-state index contributed by atoms with van der Waals surface area (Å²) in [5.74, 6) is -0.150. The predicted molar refractivity (Wildman–Crippen MR) is 164 cm³/mol. The number of esters is 3. The van der Waals surface area contributed by atoms with Gasteiger partial charge in [-0.2, -0.15) is 0 Å². The Balaban J connectivity index is 1.34. The average Bonchev–Trinajstić information content (AvgIpc) is 3.05. The molecular formula is C35H36O9. The first kappa shape index (κ1) is 33.3. The van der Waals surface area contributed by atoms with Crippen LogP contribution < -0.4 is 9.47 Å². The number of benzene rings is 3. The van der Waals surface area contributed by atoms with Gasteiger partial charge in [0.1, 0.15) is 11.5 Å². The third kappa shape index (κ3) is 12.0. The Morgan fingerprint density at radius 2 is 1.02 bits per heavy atom. The molecule has 0 amide bonds. The molecule has 0 spiro atoms. The minimum absolute atomic E-state index is 0.0139. The summed E-state index contributed by atoms with van der Waals surface area (Å²) >= 11 is 0. The molecule has 0 aliphatic carbocycles. The molecular weight excluding hydrogens is 564 g/mol. The van der Waals surface area contributed by atoms with E-state index in [9.17, 15) is 19.2 Å². The van der Waals surface area contributed by atoms with Crippen molar-refractivity contribution < 1.29 is 42.9 Å². The lowest BCUT2D eigenvalue weighted by molar-refractivity contribution is -0.138. The van der Waals surface area contributed by atoms with Crippen molar-refractivity contribution in [3.05, 3.63) is 120 Å². The van der Waals surface area contributed by atoms with Crippen molar-refractivity contribution >= 4 is 23.7 Å². The van der Waals surface area contributed by atoms with Crippen LogP contribution in [0.25, 0.3) is 0 Å². The van der Waals surface area contributed by atoms with Gasteiger partial charge in [-0.1, -0.05) is 37.4 Å². The van der Waals surface area contributed by atoms with Gasteiger partial charge in [-0.05, 0) is 59.7 Å². The first-order valence-electron chi connectivity index (χ1n) is 14.2. The molecule has 3 aromatic carbocycles. The van der Waals surface area contributed by atoms with Crippen LogP contribution in [0.15, 0.2) is 98.1 Å². The fourth-order valence-electron chi connectivity index (χ4n) is 3.84. The van der Waals surface area contributed by atoms with Gasteiger partial charge in [-0.25, -0.2) is 14.4 Å². The number of hydrogen-bond acceptors (Lipinski definition) is 9. The lowest BCUT2D eigenvalue weighted by Crippen LogP contribution is -2.09. The van der Waals surface area contributed by atoms with Gasteiger partial charge >= 0.3 is 17.9 Å². The molecule has 0 saturated carbocycles. The Kier molecular flexibility index (Phi) is 13.9. The molecule has 0 N–H and O–H groups in total. The van der Waals surface area contributed by atoms with Crippen LogP contribution in [-0.2, 0) is 36.6 Å². The van der Waals surface area contributed by atoms with E-state index in [0.717, 1.165) is 23.3 Å². The van der Waals surface area contributed by atoms with Crippen LogP contribution in [0.5, 0.6) is 11.5 Å². The molecule has 0 radical (unpaired) electrons. The van der Waals surface area contributed by atoms with E-state index in [4.69, 9.17) is 23.7 Å². The van der Waals surface area contributed by atoms with Crippen molar-refractivity contribution in [2.45, 2.75) is 25.7 Å².